The van der Waals surface area contributed by atoms with Gasteiger partial charge in [0.15, 0.2) is 0 Å². The maximum atomic E-state index is 13.6. The molecule has 114 valence electrons. The van der Waals surface area contributed by atoms with Crippen LogP contribution in [0.4, 0.5) is 4.39 Å². The van der Waals surface area contributed by atoms with Gasteiger partial charge in [-0.25, -0.2) is 4.39 Å². The average Bonchev–Trinajstić information content (AvgIpc) is 3.16. The van der Waals surface area contributed by atoms with E-state index in [1.807, 2.05) is 4.90 Å². The number of rotatable bonds is 3. The van der Waals surface area contributed by atoms with E-state index >= 15 is 0 Å². The SMILES string of the molecule is O=C(c1cccc(F)c1Cl)N(C1CCCC1)[C@@H]1CCNC1. The van der Waals surface area contributed by atoms with Gasteiger partial charge in [-0.2, -0.15) is 0 Å². The third kappa shape index (κ3) is 2.92. The highest BCUT2D eigenvalue weighted by Crippen LogP contribution is 2.30. The van der Waals surface area contributed by atoms with Crippen molar-refractivity contribution in [1.29, 1.82) is 0 Å². The molecule has 3 rings (SSSR count). The highest BCUT2D eigenvalue weighted by Gasteiger charge is 2.35. The van der Waals surface area contributed by atoms with Gasteiger partial charge in [-0.05, 0) is 37.9 Å². The van der Waals surface area contributed by atoms with Gasteiger partial charge in [0, 0.05) is 18.6 Å². The first-order valence-corrected chi connectivity index (χ1v) is 8.03. The lowest BCUT2D eigenvalue weighted by atomic mass is 10.1. The summed E-state index contributed by atoms with van der Waals surface area (Å²) in [7, 11) is 0. The summed E-state index contributed by atoms with van der Waals surface area (Å²) in [6.07, 6.45) is 5.34. The van der Waals surface area contributed by atoms with Crippen LogP contribution in [0.1, 0.15) is 42.5 Å². The predicted molar refractivity (Wildman–Crippen MR) is 81.1 cm³/mol. The van der Waals surface area contributed by atoms with E-state index in [-0.39, 0.29) is 28.6 Å². The summed E-state index contributed by atoms with van der Waals surface area (Å²) >= 11 is 6.01. The molecule has 1 aromatic carbocycles. The van der Waals surface area contributed by atoms with Gasteiger partial charge in [0.05, 0.1) is 10.6 Å². The van der Waals surface area contributed by atoms with Crippen LogP contribution in [0.15, 0.2) is 18.2 Å². The van der Waals surface area contributed by atoms with Crippen LogP contribution in [0.2, 0.25) is 5.02 Å². The van der Waals surface area contributed by atoms with Crippen LogP contribution in [-0.2, 0) is 0 Å². The van der Waals surface area contributed by atoms with E-state index in [0.29, 0.717) is 0 Å². The van der Waals surface area contributed by atoms with Gasteiger partial charge < -0.3 is 10.2 Å². The Morgan fingerprint density at radius 2 is 2.00 bits per heavy atom. The predicted octanol–water partition coefficient (Wildman–Crippen LogP) is 3.23. The van der Waals surface area contributed by atoms with E-state index < -0.39 is 5.82 Å². The Hall–Kier alpha value is -1.13. The molecule has 3 nitrogen and oxygen atoms in total. The first-order chi connectivity index (χ1) is 10.2. The van der Waals surface area contributed by atoms with Crippen LogP contribution < -0.4 is 5.32 Å². The number of carbonyl (C=O) groups is 1. The number of hydrogen-bond donors (Lipinski definition) is 1. The fourth-order valence-electron chi connectivity index (χ4n) is 3.50. The van der Waals surface area contributed by atoms with Gasteiger partial charge in [-0.1, -0.05) is 30.5 Å². The van der Waals surface area contributed by atoms with Crippen LogP contribution in [0.3, 0.4) is 0 Å². The summed E-state index contributed by atoms with van der Waals surface area (Å²) in [5.41, 5.74) is 0.287. The molecular weight excluding hydrogens is 291 g/mol. The number of amides is 1. The summed E-state index contributed by atoms with van der Waals surface area (Å²) < 4.78 is 13.6. The van der Waals surface area contributed by atoms with Crippen molar-refractivity contribution >= 4 is 17.5 Å². The molecule has 1 aliphatic carbocycles. The number of nitrogens with one attached hydrogen (secondary N) is 1. The van der Waals surface area contributed by atoms with Crippen LogP contribution >= 0.6 is 11.6 Å². The van der Waals surface area contributed by atoms with E-state index in [1.54, 1.807) is 12.1 Å². The highest BCUT2D eigenvalue weighted by atomic mass is 35.5. The number of benzene rings is 1. The number of halogens is 2. The molecule has 0 aromatic heterocycles. The fraction of sp³-hybridized carbons (Fsp3) is 0.562. The Balaban J connectivity index is 1.91. The molecule has 5 heteroatoms. The molecule has 1 amide bonds. The minimum absolute atomic E-state index is 0.0588. The van der Waals surface area contributed by atoms with E-state index in [4.69, 9.17) is 11.6 Å². The molecular formula is C16H20ClFN2O. The Morgan fingerprint density at radius 1 is 1.24 bits per heavy atom. The van der Waals surface area contributed by atoms with E-state index in [9.17, 15) is 9.18 Å². The normalized spacial score (nSPS) is 22.7. The topological polar surface area (TPSA) is 32.3 Å². The zero-order valence-corrected chi connectivity index (χ0v) is 12.7. The molecule has 1 atom stereocenters. The van der Waals surface area contributed by atoms with Crippen molar-refractivity contribution in [2.24, 2.45) is 0 Å². The second-order valence-electron chi connectivity index (χ2n) is 5.90. The van der Waals surface area contributed by atoms with Gasteiger partial charge in [-0.3, -0.25) is 4.79 Å². The lowest BCUT2D eigenvalue weighted by molar-refractivity contribution is 0.0594. The molecule has 0 unspecified atom stereocenters. The minimum Gasteiger partial charge on any atom is -0.331 e. The van der Waals surface area contributed by atoms with E-state index in [0.717, 1.165) is 45.2 Å². The maximum absolute atomic E-state index is 13.6. The van der Waals surface area contributed by atoms with Gasteiger partial charge in [-0.15, -0.1) is 0 Å². The molecule has 1 saturated carbocycles. The Labute approximate surface area is 129 Å². The first kappa shape index (κ1) is 14.8. The zero-order valence-electron chi connectivity index (χ0n) is 11.9. The number of nitrogens with zero attached hydrogens (tertiary/aromatic N) is 1. The third-order valence-electron chi connectivity index (χ3n) is 4.56. The lowest BCUT2D eigenvalue weighted by Crippen LogP contribution is -2.47. The first-order valence-electron chi connectivity index (χ1n) is 7.66. The molecule has 21 heavy (non-hydrogen) atoms. The van der Waals surface area contributed by atoms with Crippen LogP contribution in [0, 0.1) is 5.82 Å². The molecule has 2 fully saturated rings. The van der Waals surface area contributed by atoms with Crippen LogP contribution in [0.5, 0.6) is 0 Å². The minimum atomic E-state index is -0.529. The molecule has 2 aliphatic rings. The molecule has 0 spiro atoms. The third-order valence-corrected chi connectivity index (χ3v) is 4.95. The summed E-state index contributed by atoms with van der Waals surface area (Å²) in [6, 6.07) is 4.92. The van der Waals surface area contributed by atoms with Gasteiger partial charge >= 0.3 is 0 Å². The molecule has 1 N–H and O–H groups in total. The van der Waals surface area contributed by atoms with Crippen molar-refractivity contribution < 1.29 is 9.18 Å². The number of carbonyl (C=O) groups excluding carboxylic acids is 1. The summed E-state index contributed by atoms with van der Waals surface area (Å²) in [6.45, 7) is 1.74. The van der Waals surface area contributed by atoms with Crippen molar-refractivity contribution in [2.45, 2.75) is 44.2 Å². The highest BCUT2D eigenvalue weighted by molar-refractivity contribution is 6.34. The van der Waals surface area contributed by atoms with Gasteiger partial charge in [0.2, 0.25) is 0 Å². The fourth-order valence-corrected chi connectivity index (χ4v) is 3.70. The Morgan fingerprint density at radius 3 is 2.67 bits per heavy atom. The monoisotopic (exact) mass is 310 g/mol. The van der Waals surface area contributed by atoms with Crippen molar-refractivity contribution in [3.05, 3.63) is 34.6 Å². The van der Waals surface area contributed by atoms with E-state index in [1.165, 1.54) is 6.07 Å². The van der Waals surface area contributed by atoms with Gasteiger partial charge in [0.1, 0.15) is 5.82 Å². The second kappa shape index (κ2) is 6.32. The van der Waals surface area contributed by atoms with Crippen molar-refractivity contribution in [1.82, 2.24) is 10.2 Å². The molecule has 1 saturated heterocycles. The smallest absolute Gasteiger partial charge is 0.256 e. The molecule has 0 bridgehead atoms. The molecule has 1 heterocycles. The van der Waals surface area contributed by atoms with E-state index in [2.05, 4.69) is 5.32 Å². The maximum Gasteiger partial charge on any atom is 0.256 e. The van der Waals surface area contributed by atoms with Crippen LogP contribution in [0.25, 0.3) is 0 Å². The molecule has 1 aliphatic heterocycles. The molecule has 1 aromatic rings. The van der Waals surface area contributed by atoms with Crippen molar-refractivity contribution in [3.63, 3.8) is 0 Å². The quantitative estimate of drug-likeness (QED) is 0.929. The lowest BCUT2D eigenvalue weighted by Gasteiger charge is -2.34. The average molecular weight is 311 g/mol. The standard InChI is InChI=1S/C16H20ClFN2O/c17-15-13(6-3-7-14(15)18)16(21)20(11-4-1-2-5-11)12-8-9-19-10-12/h3,6-7,11-12,19H,1-2,4-5,8-10H2/t12-/m1/s1. The summed E-state index contributed by atoms with van der Waals surface area (Å²) in [4.78, 5) is 14.9. The van der Waals surface area contributed by atoms with Crippen LogP contribution in [-0.4, -0.2) is 36.0 Å². The van der Waals surface area contributed by atoms with Crippen molar-refractivity contribution in [3.8, 4) is 0 Å². The zero-order chi connectivity index (χ0) is 14.8. The van der Waals surface area contributed by atoms with Crippen molar-refractivity contribution in [2.75, 3.05) is 13.1 Å². The summed E-state index contributed by atoms with van der Waals surface area (Å²) in [5.74, 6) is -0.654. The molecule has 0 radical (unpaired) electrons. The Bertz CT molecular complexity index is 509. The largest absolute Gasteiger partial charge is 0.331 e. The second-order valence-corrected chi connectivity index (χ2v) is 6.28. The summed E-state index contributed by atoms with van der Waals surface area (Å²) in [5, 5.41) is 3.25. The Kier molecular flexibility index (Phi) is 4.45. The number of hydrogen-bond acceptors (Lipinski definition) is 2. The van der Waals surface area contributed by atoms with Gasteiger partial charge in [0.25, 0.3) is 5.91 Å².